The van der Waals surface area contributed by atoms with Crippen molar-refractivity contribution in [1.82, 2.24) is 0 Å². The van der Waals surface area contributed by atoms with E-state index < -0.39 is 0 Å². The SMILES string of the molecule is CC(C)c1cccc(-c2cccc(CC(N)=O)c2)c1. The smallest absolute Gasteiger partial charge is 0.221 e. The molecule has 19 heavy (non-hydrogen) atoms. The third-order valence-corrected chi connectivity index (χ3v) is 3.19. The third-order valence-electron chi connectivity index (χ3n) is 3.19. The molecule has 1 amide bonds. The summed E-state index contributed by atoms with van der Waals surface area (Å²) in [7, 11) is 0. The fourth-order valence-corrected chi connectivity index (χ4v) is 2.14. The van der Waals surface area contributed by atoms with Gasteiger partial charge in [-0.1, -0.05) is 62.4 Å². The fourth-order valence-electron chi connectivity index (χ4n) is 2.14. The van der Waals surface area contributed by atoms with E-state index in [1.807, 2.05) is 18.2 Å². The topological polar surface area (TPSA) is 43.1 Å². The maximum Gasteiger partial charge on any atom is 0.221 e. The van der Waals surface area contributed by atoms with Crippen LogP contribution >= 0.6 is 0 Å². The summed E-state index contributed by atoms with van der Waals surface area (Å²) in [5, 5.41) is 0. The van der Waals surface area contributed by atoms with E-state index in [0.717, 1.165) is 11.1 Å². The maximum atomic E-state index is 11.0. The van der Waals surface area contributed by atoms with Gasteiger partial charge in [0.25, 0.3) is 0 Å². The predicted octanol–water partition coefficient (Wildman–Crippen LogP) is 3.50. The van der Waals surface area contributed by atoms with Gasteiger partial charge in [-0.05, 0) is 28.2 Å². The molecule has 0 saturated heterocycles. The van der Waals surface area contributed by atoms with Crippen molar-refractivity contribution in [1.29, 1.82) is 0 Å². The number of nitrogens with two attached hydrogens (primary N) is 1. The lowest BCUT2D eigenvalue weighted by Crippen LogP contribution is -2.13. The van der Waals surface area contributed by atoms with Gasteiger partial charge in [-0.15, -0.1) is 0 Å². The quantitative estimate of drug-likeness (QED) is 0.890. The van der Waals surface area contributed by atoms with E-state index in [2.05, 4.69) is 44.2 Å². The highest BCUT2D eigenvalue weighted by Gasteiger charge is 2.04. The molecule has 0 aromatic heterocycles. The molecule has 0 atom stereocenters. The lowest BCUT2D eigenvalue weighted by atomic mass is 9.96. The standard InChI is InChI=1S/C17H19NO/c1-12(2)14-6-4-8-16(11-14)15-7-3-5-13(9-15)10-17(18)19/h3-9,11-12H,10H2,1-2H3,(H2,18,19). The first kappa shape index (κ1) is 13.3. The van der Waals surface area contributed by atoms with E-state index in [1.165, 1.54) is 11.1 Å². The van der Waals surface area contributed by atoms with Gasteiger partial charge in [0, 0.05) is 0 Å². The molecule has 2 heteroatoms. The summed E-state index contributed by atoms with van der Waals surface area (Å²) in [5.74, 6) is 0.210. The van der Waals surface area contributed by atoms with E-state index in [1.54, 1.807) is 0 Å². The summed E-state index contributed by atoms with van der Waals surface area (Å²) in [6.07, 6.45) is 0.289. The Labute approximate surface area is 114 Å². The van der Waals surface area contributed by atoms with Crippen molar-refractivity contribution in [2.24, 2.45) is 5.73 Å². The average molecular weight is 253 g/mol. The number of benzene rings is 2. The molecule has 0 unspecified atom stereocenters. The molecule has 0 bridgehead atoms. The van der Waals surface area contributed by atoms with Crippen LogP contribution in [-0.2, 0) is 11.2 Å². The molecule has 0 aliphatic carbocycles. The van der Waals surface area contributed by atoms with E-state index >= 15 is 0 Å². The summed E-state index contributed by atoms with van der Waals surface area (Å²) in [5.41, 5.74) is 9.82. The Hall–Kier alpha value is -2.09. The second-order valence-electron chi connectivity index (χ2n) is 5.12. The third kappa shape index (κ3) is 3.44. The highest BCUT2D eigenvalue weighted by atomic mass is 16.1. The van der Waals surface area contributed by atoms with Gasteiger partial charge in [0.15, 0.2) is 0 Å². The van der Waals surface area contributed by atoms with Gasteiger partial charge in [0.1, 0.15) is 0 Å². The average Bonchev–Trinajstić information content (AvgIpc) is 2.38. The predicted molar refractivity (Wildman–Crippen MR) is 78.9 cm³/mol. The van der Waals surface area contributed by atoms with Crippen molar-refractivity contribution < 1.29 is 4.79 Å². The zero-order valence-corrected chi connectivity index (χ0v) is 11.4. The van der Waals surface area contributed by atoms with Gasteiger partial charge in [-0.3, -0.25) is 4.79 Å². The summed E-state index contributed by atoms with van der Waals surface area (Å²) in [6, 6.07) is 16.5. The van der Waals surface area contributed by atoms with Crippen molar-refractivity contribution >= 4 is 5.91 Å². The molecular weight excluding hydrogens is 234 g/mol. The van der Waals surface area contributed by atoms with Gasteiger partial charge in [0.2, 0.25) is 5.91 Å². The number of rotatable bonds is 4. The Morgan fingerprint density at radius 1 is 1.05 bits per heavy atom. The van der Waals surface area contributed by atoms with Crippen molar-refractivity contribution in [2.45, 2.75) is 26.2 Å². The van der Waals surface area contributed by atoms with Crippen LogP contribution in [0.2, 0.25) is 0 Å². The molecule has 0 saturated carbocycles. The second kappa shape index (κ2) is 5.70. The first-order valence-electron chi connectivity index (χ1n) is 6.54. The summed E-state index contributed by atoms with van der Waals surface area (Å²) < 4.78 is 0. The zero-order valence-electron chi connectivity index (χ0n) is 11.4. The Kier molecular flexibility index (Phi) is 4.00. The van der Waals surface area contributed by atoms with Crippen LogP contribution < -0.4 is 5.73 Å². The Morgan fingerprint density at radius 3 is 2.32 bits per heavy atom. The van der Waals surface area contributed by atoms with Crippen LogP contribution in [0.3, 0.4) is 0 Å². The summed E-state index contributed by atoms with van der Waals surface area (Å²) in [4.78, 5) is 11.0. The van der Waals surface area contributed by atoms with E-state index in [0.29, 0.717) is 5.92 Å². The Bertz CT molecular complexity index is 587. The monoisotopic (exact) mass is 253 g/mol. The molecule has 0 fully saturated rings. The lowest BCUT2D eigenvalue weighted by molar-refractivity contribution is -0.117. The number of hydrogen-bond acceptors (Lipinski definition) is 1. The normalized spacial score (nSPS) is 10.7. The minimum Gasteiger partial charge on any atom is -0.369 e. The van der Waals surface area contributed by atoms with Crippen molar-refractivity contribution in [3.8, 4) is 11.1 Å². The number of hydrogen-bond donors (Lipinski definition) is 1. The van der Waals surface area contributed by atoms with Crippen LogP contribution in [-0.4, -0.2) is 5.91 Å². The summed E-state index contributed by atoms with van der Waals surface area (Å²) in [6.45, 7) is 4.37. The molecule has 2 aromatic rings. The Balaban J connectivity index is 2.36. The van der Waals surface area contributed by atoms with Crippen LogP contribution in [0.25, 0.3) is 11.1 Å². The molecule has 98 valence electrons. The minimum atomic E-state index is -0.298. The highest BCUT2D eigenvalue weighted by Crippen LogP contribution is 2.24. The lowest BCUT2D eigenvalue weighted by Gasteiger charge is -2.09. The molecule has 2 N–H and O–H groups in total. The van der Waals surface area contributed by atoms with E-state index in [-0.39, 0.29) is 12.3 Å². The molecule has 0 heterocycles. The van der Waals surface area contributed by atoms with E-state index in [9.17, 15) is 4.79 Å². The largest absolute Gasteiger partial charge is 0.369 e. The zero-order chi connectivity index (χ0) is 13.8. The number of carbonyl (C=O) groups excluding carboxylic acids is 1. The molecule has 2 aromatic carbocycles. The van der Waals surface area contributed by atoms with Gasteiger partial charge < -0.3 is 5.73 Å². The molecule has 0 aliphatic heterocycles. The second-order valence-corrected chi connectivity index (χ2v) is 5.12. The summed E-state index contributed by atoms with van der Waals surface area (Å²) >= 11 is 0. The molecule has 0 spiro atoms. The first-order chi connectivity index (χ1) is 9.06. The van der Waals surface area contributed by atoms with Gasteiger partial charge in [-0.25, -0.2) is 0 Å². The fraction of sp³-hybridized carbons (Fsp3) is 0.235. The first-order valence-corrected chi connectivity index (χ1v) is 6.54. The van der Waals surface area contributed by atoms with E-state index in [4.69, 9.17) is 5.73 Å². The molecule has 2 nitrogen and oxygen atoms in total. The van der Waals surface area contributed by atoms with Gasteiger partial charge in [0.05, 0.1) is 6.42 Å². The minimum absolute atomic E-state index is 0.289. The molecule has 0 aliphatic rings. The van der Waals surface area contributed by atoms with Crippen molar-refractivity contribution in [3.05, 3.63) is 59.7 Å². The van der Waals surface area contributed by atoms with Crippen LogP contribution in [0.4, 0.5) is 0 Å². The number of primary amides is 1. The van der Waals surface area contributed by atoms with Crippen LogP contribution in [0.1, 0.15) is 30.9 Å². The Morgan fingerprint density at radius 2 is 1.68 bits per heavy atom. The van der Waals surface area contributed by atoms with Crippen molar-refractivity contribution in [2.75, 3.05) is 0 Å². The maximum absolute atomic E-state index is 11.0. The number of amides is 1. The van der Waals surface area contributed by atoms with Gasteiger partial charge >= 0.3 is 0 Å². The van der Waals surface area contributed by atoms with Gasteiger partial charge in [-0.2, -0.15) is 0 Å². The van der Waals surface area contributed by atoms with Crippen LogP contribution in [0, 0.1) is 0 Å². The number of carbonyl (C=O) groups is 1. The molecule has 2 rings (SSSR count). The van der Waals surface area contributed by atoms with Crippen molar-refractivity contribution in [3.63, 3.8) is 0 Å². The van der Waals surface area contributed by atoms with Crippen LogP contribution in [0.15, 0.2) is 48.5 Å². The molecule has 0 radical (unpaired) electrons. The molecular formula is C17H19NO. The highest BCUT2D eigenvalue weighted by molar-refractivity contribution is 5.77. The van der Waals surface area contributed by atoms with Crippen LogP contribution in [0.5, 0.6) is 0 Å².